The van der Waals surface area contributed by atoms with Crippen LogP contribution in [0.5, 0.6) is 0 Å². The van der Waals surface area contributed by atoms with E-state index in [0.717, 1.165) is 22.8 Å². The van der Waals surface area contributed by atoms with Crippen molar-refractivity contribution >= 4 is 23.6 Å². The number of para-hydroxylation sites is 1. The highest BCUT2D eigenvalue weighted by Gasteiger charge is 2.34. The lowest BCUT2D eigenvalue weighted by atomic mass is 10.2. The highest BCUT2D eigenvalue weighted by atomic mass is 32.2. The van der Waals surface area contributed by atoms with E-state index in [1.165, 1.54) is 23.7 Å². The molecule has 0 spiro atoms. The van der Waals surface area contributed by atoms with Crippen LogP contribution in [0.25, 0.3) is 17.1 Å². The fourth-order valence-corrected chi connectivity index (χ4v) is 4.31. The Labute approximate surface area is 194 Å². The summed E-state index contributed by atoms with van der Waals surface area (Å²) in [4.78, 5) is 12.1. The Bertz CT molecular complexity index is 1300. The lowest BCUT2D eigenvalue weighted by Crippen LogP contribution is -2.24. The summed E-state index contributed by atoms with van der Waals surface area (Å²) in [6.07, 6.45) is -0.710. The van der Waals surface area contributed by atoms with Gasteiger partial charge in [-0.2, -0.15) is 5.01 Å². The van der Waals surface area contributed by atoms with Crippen LogP contribution in [0.4, 0.5) is 0 Å². The maximum absolute atomic E-state index is 12.1. The largest absolute Gasteiger partial charge is 0.460 e. The first-order valence-corrected chi connectivity index (χ1v) is 11.4. The minimum absolute atomic E-state index is 0.229. The van der Waals surface area contributed by atoms with Gasteiger partial charge in [0.25, 0.3) is 6.23 Å². The van der Waals surface area contributed by atoms with Crippen molar-refractivity contribution in [2.24, 2.45) is 5.10 Å². The second kappa shape index (κ2) is 8.95. The van der Waals surface area contributed by atoms with Crippen LogP contribution in [0.15, 0.2) is 87.5 Å². The van der Waals surface area contributed by atoms with Gasteiger partial charge >= 0.3 is 0 Å². The smallest absolute Gasteiger partial charge is 0.254 e. The molecular formula is C24H21N5O3S. The van der Waals surface area contributed by atoms with Crippen LogP contribution in [-0.4, -0.2) is 37.3 Å². The van der Waals surface area contributed by atoms with Gasteiger partial charge in [-0.3, -0.25) is 9.36 Å². The third-order valence-corrected chi connectivity index (χ3v) is 5.93. The first kappa shape index (κ1) is 21.0. The van der Waals surface area contributed by atoms with Crippen molar-refractivity contribution in [1.82, 2.24) is 19.8 Å². The molecule has 1 aliphatic rings. The highest BCUT2D eigenvalue weighted by Crippen LogP contribution is 2.32. The molecule has 3 heterocycles. The number of thioether (sulfide) groups is 1. The van der Waals surface area contributed by atoms with Crippen molar-refractivity contribution < 1.29 is 13.9 Å². The molecule has 1 unspecified atom stereocenters. The van der Waals surface area contributed by atoms with Gasteiger partial charge in [-0.25, -0.2) is 0 Å². The van der Waals surface area contributed by atoms with E-state index in [-0.39, 0.29) is 5.91 Å². The zero-order chi connectivity index (χ0) is 22.8. The fraction of sp³-hybridized carbons (Fsp3) is 0.167. The van der Waals surface area contributed by atoms with Gasteiger partial charge in [-0.15, -0.1) is 15.3 Å². The first-order chi connectivity index (χ1) is 16.1. The number of rotatable bonds is 6. The molecule has 0 aliphatic carbocycles. The molecule has 0 saturated carbocycles. The summed E-state index contributed by atoms with van der Waals surface area (Å²) in [5.41, 5.74) is 1.92. The minimum atomic E-state index is -0.710. The number of hydrogen-bond donors (Lipinski definition) is 0. The van der Waals surface area contributed by atoms with E-state index in [1.54, 1.807) is 6.07 Å². The second-order valence-corrected chi connectivity index (χ2v) is 8.35. The zero-order valence-electron chi connectivity index (χ0n) is 18.1. The summed E-state index contributed by atoms with van der Waals surface area (Å²) in [7, 11) is 0. The number of aryl methyl sites for hydroxylation is 1. The molecule has 1 amide bonds. The molecule has 4 aromatic rings. The molecule has 0 saturated heterocycles. The molecule has 0 N–H and O–H groups in total. The summed E-state index contributed by atoms with van der Waals surface area (Å²) >= 11 is 1.44. The van der Waals surface area contributed by atoms with Crippen molar-refractivity contribution in [2.75, 3.05) is 5.75 Å². The van der Waals surface area contributed by atoms with Crippen LogP contribution in [0.3, 0.4) is 0 Å². The molecule has 1 aliphatic heterocycles. The van der Waals surface area contributed by atoms with Gasteiger partial charge in [-0.1, -0.05) is 60.3 Å². The van der Waals surface area contributed by atoms with Crippen molar-refractivity contribution in [3.63, 3.8) is 0 Å². The summed E-state index contributed by atoms with van der Waals surface area (Å²) in [5.74, 6) is 2.58. The number of hydrazone groups is 1. The van der Waals surface area contributed by atoms with Gasteiger partial charge in [0.15, 0.2) is 16.7 Å². The summed E-state index contributed by atoms with van der Waals surface area (Å²) < 4.78 is 13.6. The van der Waals surface area contributed by atoms with Gasteiger partial charge < -0.3 is 9.15 Å². The molecule has 33 heavy (non-hydrogen) atoms. The molecule has 2 aromatic carbocycles. The van der Waals surface area contributed by atoms with E-state index >= 15 is 0 Å². The van der Waals surface area contributed by atoms with Crippen LogP contribution in [0.1, 0.15) is 24.7 Å². The molecule has 0 fully saturated rings. The van der Waals surface area contributed by atoms with Crippen LogP contribution in [-0.2, 0) is 9.53 Å². The van der Waals surface area contributed by atoms with Crippen molar-refractivity contribution in [3.8, 4) is 17.1 Å². The monoisotopic (exact) mass is 459 g/mol. The quantitative estimate of drug-likeness (QED) is 0.384. The van der Waals surface area contributed by atoms with Gasteiger partial charge in [-0.05, 0) is 31.2 Å². The second-order valence-electron chi connectivity index (χ2n) is 7.41. The molecule has 1 atom stereocenters. The molecule has 5 rings (SSSR count). The van der Waals surface area contributed by atoms with E-state index in [2.05, 4.69) is 15.3 Å². The molecule has 166 valence electrons. The number of carbonyl (C=O) groups excluding carboxylic acids is 1. The number of aromatic nitrogens is 3. The van der Waals surface area contributed by atoms with Crippen LogP contribution in [0, 0.1) is 6.92 Å². The van der Waals surface area contributed by atoms with Gasteiger partial charge in [0.2, 0.25) is 11.8 Å². The molecule has 9 heteroatoms. The summed E-state index contributed by atoms with van der Waals surface area (Å²) in [6.45, 7) is 3.29. The van der Waals surface area contributed by atoms with Crippen molar-refractivity contribution in [2.45, 2.75) is 25.2 Å². The van der Waals surface area contributed by atoms with Crippen LogP contribution in [0.2, 0.25) is 0 Å². The molecular weight excluding hydrogens is 438 g/mol. The maximum Gasteiger partial charge on any atom is 0.254 e. The van der Waals surface area contributed by atoms with E-state index in [1.807, 2.05) is 78.2 Å². The summed E-state index contributed by atoms with van der Waals surface area (Å²) in [6, 6.07) is 23.5. The Morgan fingerprint density at radius 3 is 2.39 bits per heavy atom. The lowest BCUT2D eigenvalue weighted by Gasteiger charge is -2.16. The number of ether oxygens (including phenoxy) is 1. The van der Waals surface area contributed by atoms with Crippen molar-refractivity contribution in [3.05, 3.63) is 84.3 Å². The minimum Gasteiger partial charge on any atom is -0.460 e. The maximum atomic E-state index is 12.1. The number of amides is 1. The van der Waals surface area contributed by atoms with E-state index in [9.17, 15) is 4.79 Å². The molecule has 8 nitrogen and oxygen atoms in total. The first-order valence-electron chi connectivity index (χ1n) is 10.4. The Balaban J connectivity index is 1.41. The normalized spacial score (nSPS) is 15.4. The lowest BCUT2D eigenvalue weighted by molar-refractivity contribution is -0.136. The molecule has 2 aromatic heterocycles. The number of furan rings is 1. The average molecular weight is 460 g/mol. The third kappa shape index (κ3) is 4.27. The Kier molecular flexibility index (Phi) is 5.70. The van der Waals surface area contributed by atoms with Gasteiger partial charge in [0, 0.05) is 18.2 Å². The standard InChI is InChI=1S/C24H21N5O3S/c1-16-13-14-20(31-16)23-29(17(2)30)27-21(32-23)15-33-24-26-25-22(18-9-5-3-6-10-18)28(24)19-11-7-4-8-12-19/h3-14,23H,15H2,1-2H3. The molecule has 0 radical (unpaired) electrons. The van der Waals surface area contributed by atoms with Gasteiger partial charge in [0.1, 0.15) is 5.76 Å². The highest BCUT2D eigenvalue weighted by molar-refractivity contribution is 7.99. The van der Waals surface area contributed by atoms with Crippen molar-refractivity contribution in [1.29, 1.82) is 0 Å². The summed E-state index contributed by atoms with van der Waals surface area (Å²) in [5, 5.41) is 15.2. The zero-order valence-corrected chi connectivity index (χ0v) is 18.9. The Morgan fingerprint density at radius 2 is 1.73 bits per heavy atom. The Morgan fingerprint density at radius 1 is 1.00 bits per heavy atom. The van der Waals surface area contributed by atoms with E-state index < -0.39 is 6.23 Å². The SMILES string of the molecule is CC(=O)N1N=C(CSc2nnc(-c3ccccc3)n2-c2ccccc2)OC1c1ccc(C)o1. The van der Waals surface area contributed by atoms with Crippen LogP contribution < -0.4 is 0 Å². The fourth-order valence-electron chi connectivity index (χ4n) is 3.51. The van der Waals surface area contributed by atoms with Crippen LogP contribution >= 0.6 is 11.8 Å². The number of nitrogens with zero attached hydrogens (tertiary/aromatic N) is 5. The number of benzene rings is 2. The number of hydrogen-bond acceptors (Lipinski definition) is 7. The van der Waals surface area contributed by atoms with E-state index in [4.69, 9.17) is 9.15 Å². The topological polar surface area (TPSA) is 85.8 Å². The average Bonchev–Trinajstić information content (AvgIpc) is 3.56. The predicted octanol–water partition coefficient (Wildman–Crippen LogP) is 4.82. The van der Waals surface area contributed by atoms with Gasteiger partial charge in [0.05, 0.1) is 5.75 Å². The van der Waals surface area contributed by atoms with E-state index in [0.29, 0.717) is 22.6 Å². The predicted molar refractivity (Wildman–Crippen MR) is 125 cm³/mol. The number of carbonyl (C=O) groups is 1. The Hall–Kier alpha value is -3.85. The third-order valence-electron chi connectivity index (χ3n) is 5.02. The molecule has 0 bridgehead atoms.